The number of carbonyl (C=O) groups excluding carboxylic acids is 10. The first-order chi connectivity index (χ1) is 42.7. The van der Waals surface area contributed by atoms with Crippen molar-refractivity contribution in [1.29, 1.82) is 0 Å². The molecule has 0 aliphatic heterocycles. The van der Waals surface area contributed by atoms with Crippen LogP contribution in [0.25, 0.3) is 0 Å². The van der Waals surface area contributed by atoms with Crippen LogP contribution in [-0.2, 0) is 66.0 Å². The molecule has 0 aromatic carbocycles. The third-order valence-electron chi connectivity index (χ3n) is 14.0. The third-order valence-corrected chi connectivity index (χ3v) is 14.0. The highest BCUT2D eigenvalue weighted by molar-refractivity contribution is 6.10. The molecule has 8 rings (SSSR count). The molecule has 90 heavy (non-hydrogen) atoms. The lowest BCUT2D eigenvalue weighted by Crippen LogP contribution is -2.39. The van der Waals surface area contributed by atoms with Crippen LogP contribution < -0.4 is 58.9 Å². The summed E-state index contributed by atoms with van der Waals surface area (Å²) >= 11 is 0. The number of anilines is 7. The van der Waals surface area contributed by atoms with Gasteiger partial charge in [0.25, 0.3) is 47.3 Å². The van der Waals surface area contributed by atoms with Gasteiger partial charge in [0.1, 0.15) is 28.5 Å². The number of hydrogen-bond acceptors (Lipinski definition) is 15. The lowest BCUT2D eigenvalue weighted by Gasteiger charge is -2.12. The zero-order chi connectivity index (χ0) is 65.2. The fraction of sp³-hybridized carbons (Fsp3) is 0.316. The average Bonchev–Trinajstić information content (AvgIpc) is 2.82. The van der Waals surface area contributed by atoms with Gasteiger partial charge in [-0.15, -0.1) is 0 Å². The molecule has 12 N–H and O–H groups in total. The van der Waals surface area contributed by atoms with Crippen molar-refractivity contribution < 1.29 is 47.9 Å². The van der Waals surface area contributed by atoms with Gasteiger partial charge >= 0.3 is 0 Å². The number of imidazole rings is 3. The molecule has 0 saturated heterocycles. The largest absolute Gasteiger partial charge is 0.356 e. The summed E-state index contributed by atoms with van der Waals surface area (Å²) in [6.45, 7) is 1.47. The fourth-order valence-electron chi connectivity index (χ4n) is 9.36. The predicted molar refractivity (Wildman–Crippen MR) is 331 cm³/mol. The number of amides is 10. The number of hydrogen-bond donors (Lipinski definition) is 11. The number of aromatic nitrogens is 11. The van der Waals surface area contributed by atoms with E-state index in [4.69, 9.17) is 5.73 Å². The maximum Gasteiger partial charge on any atom is 0.292 e. The molecular formula is C57H71N23O10. The monoisotopic (exact) mass is 1240 g/mol. The number of nitrogens with two attached hydrogens (primary N) is 1. The van der Waals surface area contributed by atoms with Gasteiger partial charge in [0.2, 0.25) is 23.5 Å². The van der Waals surface area contributed by atoms with Crippen molar-refractivity contribution in [3.05, 3.63) is 132 Å². The first kappa shape index (κ1) is 64.6. The Labute approximate surface area is 514 Å². The summed E-state index contributed by atoms with van der Waals surface area (Å²) in [5.41, 5.74) is 8.59. The minimum Gasteiger partial charge on any atom is -0.356 e. The Hall–Kier alpha value is -11.4. The van der Waals surface area contributed by atoms with Crippen LogP contribution in [-0.4, -0.2) is 162 Å². The molecule has 33 heteroatoms. The van der Waals surface area contributed by atoms with Crippen LogP contribution in [0.2, 0.25) is 0 Å². The standard InChI is InChI=1S/C57H71N23O10/c1-72(2)18-11-14-59-45(81)13-16-61-50(83)38-20-33(26-74(38)4)64-52(85)40-22-35(28-76(40)6)66-53(86)41-23-34(27-77(41)7)65-51(84)39-21-32(25-75(39)5)63-49(82)37(58)12-15-62-55(88)47-68-43(30-79(47)9)70-54(87)42-24-36(29-78(42)8)67-57(90)48-69-44(31-80(48)10)71-56(89)46-60-17-19-73(46)3/h17,19-31,37H,11-16,18,58H2,1-10H3,(H,59,81)(H,61,83)(H,62,88)(H,63,82)(H,64,85)(H,65,84)(H,66,86)(H,67,90)(H,70,87)(H,71,89)/t37-/m1/s1. The molecule has 0 bridgehead atoms. The van der Waals surface area contributed by atoms with E-state index in [9.17, 15) is 47.9 Å². The van der Waals surface area contributed by atoms with Crippen molar-refractivity contribution in [3.8, 4) is 0 Å². The van der Waals surface area contributed by atoms with Crippen molar-refractivity contribution in [3.63, 3.8) is 0 Å². The highest BCUT2D eigenvalue weighted by Crippen LogP contribution is 2.23. The lowest BCUT2D eigenvalue weighted by atomic mass is 10.2. The van der Waals surface area contributed by atoms with Crippen LogP contribution in [0.15, 0.2) is 86.1 Å². The van der Waals surface area contributed by atoms with Crippen LogP contribution in [0, 0.1) is 0 Å². The summed E-state index contributed by atoms with van der Waals surface area (Å²) < 4.78 is 11.9. The number of nitrogens with one attached hydrogen (secondary N) is 10. The van der Waals surface area contributed by atoms with E-state index in [1.54, 1.807) is 79.5 Å². The summed E-state index contributed by atoms with van der Waals surface area (Å²) in [4.78, 5) is 146. The van der Waals surface area contributed by atoms with Gasteiger partial charge in [-0.2, -0.15) is 0 Å². The molecule has 8 heterocycles. The highest BCUT2D eigenvalue weighted by atomic mass is 16.2. The molecule has 8 aromatic heterocycles. The van der Waals surface area contributed by atoms with Gasteiger partial charge in [-0.1, -0.05) is 0 Å². The van der Waals surface area contributed by atoms with Crippen LogP contribution in [0.1, 0.15) is 104 Å². The summed E-state index contributed by atoms with van der Waals surface area (Å²) in [6.07, 6.45) is 14.6. The summed E-state index contributed by atoms with van der Waals surface area (Å²) in [5.74, 6) is -4.89. The molecular weight excluding hydrogens is 1170 g/mol. The number of rotatable bonds is 26. The Morgan fingerprint density at radius 3 is 1.27 bits per heavy atom. The number of carbonyl (C=O) groups is 10. The second-order valence-corrected chi connectivity index (χ2v) is 21.5. The molecule has 474 valence electrons. The molecule has 0 unspecified atom stereocenters. The van der Waals surface area contributed by atoms with Crippen LogP contribution in [0.3, 0.4) is 0 Å². The van der Waals surface area contributed by atoms with Crippen LogP contribution >= 0.6 is 0 Å². The zero-order valence-electron chi connectivity index (χ0n) is 51.1. The quantitative estimate of drug-likeness (QED) is 0.0341. The molecule has 8 aromatic rings. The van der Waals surface area contributed by atoms with E-state index in [-0.39, 0.29) is 106 Å². The van der Waals surface area contributed by atoms with E-state index in [1.165, 1.54) is 99.5 Å². The maximum absolute atomic E-state index is 13.5. The SMILES string of the molecule is CN(C)CCCNC(=O)CCNC(=O)c1cc(NC(=O)c2cc(NC(=O)c3cc(NC(=O)c4cc(NC(=O)[C@H](N)CCNC(=O)c5nc(NC(=O)c6cc(NC(=O)c7nc(NC(=O)c8nccn8C)cn7C)cn6C)cn5C)cn4C)cn3C)cn2C)cn1C. The Bertz CT molecular complexity index is 4060. The minimum absolute atomic E-state index is 0.00776. The van der Waals surface area contributed by atoms with Crippen molar-refractivity contribution in [1.82, 2.24) is 72.3 Å². The first-order valence-electron chi connectivity index (χ1n) is 28.0. The number of aryl methyl sites for hydroxylation is 8. The topological polar surface area (TPSA) is 398 Å². The second-order valence-electron chi connectivity index (χ2n) is 21.5. The highest BCUT2D eigenvalue weighted by Gasteiger charge is 2.25. The third kappa shape index (κ3) is 16.0. The van der Waals surface area contributed by atoms with Gasteiger partial charge in [-0.25, -0.2) is 15.0 Å². The molecule has 1 atom stereocenters. The Kier molecular flexibility index (Phi) is 20.1. The molecule has 0 radical (unpaired) electrons. The molecule has 0 spiro atoms. The number of nitrogens with zero attached hydrogens (tertiary/aromatic N) is 12. The minimum atomic E-state index is -1.09. The maximum atomic E-state index is 13.5. The van der Waals surface area contributed by atoms with Gasteiger partial charge in [0.05, 0.1) is 34.5 Å². The Morgan fingerprint density at radius 2 is 0.822 bits per heavy atom. The predicted octanol–water partition coefficient (Wildman–Crippen LogP) is 1.37. The first-order valence-corrected chi connectivity index (χ1v) is 28.0. The van der Waals surface area contributed by atoms with Crippen LogP contribution in [0.5, 0.6) is 0 Å². The van der Waals surface area contributed by atoms with E-state index in [1.807, 2.05) is 19.0 Å². The lowest BCUT2D eigenvalue weighted by molar-refractivity contribution is -0.121. The second kappa shape index (κ2) is 28.0. The van der Waals surface area contributed by atoms with Crippen molar-refractivity contribution in [2.75, 3.05) is 77.5 Å². The van der Waals surface area contributed by atoms with Gasteiger partial charge < -0.3 is 100 Å². The van der Waals surface area contributed by atoms with E-state index < -0.39 is 59.2 Å². The summed E-state index contributed by atoms with van der Waals surface area (Å²) in [6, 6.07) is 6.24. The molecule has 0 fully saturated rings. The normalized spacial score (nSPS) is 11.4. The van der Waals surface area contributed by atoms with Crippen LogP contribution in [0.4, 0.5) is 40.1 Å². The molecule has 33 nitrogen and oxygen atoms in total. The smallest absolute Gasteiger partial charge is 0.292 e. The zero-order valence-corrected chi connectivity index (χ0v) is 51.1. The van der Waals surface area contributed by atoms with E-state index in [2.05, 4.69) is 68.1 Å². The van der Waals surface area contributed by atoms with Gasteiger partial charge in [-0.05, 0) is 63.8 Å². The molecule has 0 aliphatic rings. The fourth-order valence-corrected chi connectivity index (χ4v) is 9.36. The summed E-state index contributed by atoms with van der Waals surface area (Å²) in [5, 5.41) is 27.2. The van der Waals surface area contributed by atoms with Gasteiger partial charge in [0.15, 0.2) is 17.5 Å². The van der Waals surface area contributed by atoms with E-state index >= 15 is 0 Å². The van der Waals surface area contributed by atoms with E-state index in [0.29, 0.717) is 17.9 Å². The van der Waals surface area contributed by atoms with Gasteiger partial charge in [0, 0.05) is 138 Å². The van der Waals surface area contributed by atoms with Crippen molar-refractivity contribution in [2.24, 2.45) is 62.1 Å². The van der Waals surface area contributed by atoms with E-state index in [0.717, 1.165) is 13.0 Å². The van der Waals surface area contributed by atoms with Gasteiger partial charge in [-0.3, -0.25) is 47.9 Å². The molecule has 10 amide bonds. The van der Waals surface area contributed by atoms with Crippen molar-refractivity contribution >= 4 is 99.1 Å². The Morgan fingerprint density at radius 1 is 0.433 bits per heavy atom. The average molecular weight is 1240 g/mol. The Balaban J connectivity index is 0.758. The molecule has 0 saturated carbocycles. The molecule has 0 aliphatic carbocycles. The summed E-state index contributed by atoms with van der Waals surface area (Å²) in [7, 11) is 16.8. The van der Waals surface area contributed by atoms with Crippen molar-refractivity contribution in [2.45, 2.75) is 25.3 Å².